The fourth-order valence-electron chi connectivity index (χ4n) is 1.74. The van der Waals surface area contributed by atoms with Gasteiger partial charge in [0.1, 0.15) is 13.2 Å². The van der Waals surface area contributed by atoms with Gasteiger partial charge < -0.3 is 14.6 Å². The van der Waals surface area contributed by atoms with E-state index in [0.29, 0.717) is 27.7 Å². The van der Waals surface area contributed by atoms with Crippen LogP contribution in [0.1, 0.15) is 18.2 Å². The van der Waals surface area contributed by atoms with E-state index in [4.69, 9.17) is 4.74 Å². The molecule has 0 bridgehead atoms. The molecule has 2 heterocycles. The van der Waals surface area contributed by atoms with Crippen LogP contribution < -0.4 is 10.9 Å². The Labute approximate surface area is 143 Å². The second-order valence-corrected chi connectivity index (χ2v) is 5.73. The number of thiazole rings is 1. The average Bonchev–Trinajstić information content (AvgIpc) is 2.93. The number of halogens is 3. The van der Waals surface area contributed by atoms with Crippen molar-refractivity contribution in [2.24, 2.45) is 0 Å². The lowest BCUT2D eigenvalue weighted by molar-refractivity contribution is -0.146. The van der Waals surface area contributed by atoms with Crippen LogP contribution in [-0.2, 0) is 33.7 Å². The average molecular weight is 375 g/mol. The maximum absolute atomic E-state index is 12.6. The summed E-state index contributed by atoms with van der Waals surface area (Å²) in [5.74, 6) is -1.20. The van der Waals surface area contributed by atoms with Crippen molar-refractivity contribution in [1.29, 1.82) is 0 Å². The van der Waals surface area contributed by atoms with E-state index < -0.39 is 29.8 Å². The van der Waals surface area contributed by atoms with E-state index in [0.717, 1.165) is 17.4 Å². The van der Waals surface area contributed by atoms with Gasteiger partial charge in [0.05, 0.1) is 11.3 Å². The highest BCUT2D eigenvalue weighted by atomic mass is 32.1. The number of rotatable bonds is 5. The van der Waals surface area contributed by atoms with Gasteiger partial charge in [-0.2, -0.15) is 13.2 Å². The van der Waals surface area contributed by atoms with Crippen LogP contribution in [0.15, 0.2) is 28.5 Å². The topological polar surface area (TPSA) is 90.3 Å². The quantitative estimate of drug-likeness (QED) is 0.808. The van der Waals surface area contributed by atoms with Crippen molar-refractivity contribution in [3.8, 4) is 0 Å². The Morgan fingerprint density at radius 2 is 2.08 bits per heavy atom. The number of carbonyl (C=O) groups is 2. The van der Waals surface area contributed by atoms with Crippen LogP contribution in [0.2, 0.25) is 0 Å². The first kappa shape index (κ1) is 18.6. The van der Waals surface area contributed by atoms with Crippen molar-refractivity contribution in [3.63, 3.8) is 0 Å². The largest absolute Gasteiger partial charge is 0.458 e. The predicted octanol–water partition coefficient (Wildman–Crippen LogP) is 2.03. The molecule has 7 nitrogen and oxygen atoms in total. The molecular formula is C14H12F3N3O4S. The Morgan fingerprint density at radius 1 is 1.36 bits per heavy atom. The van der Waals surface area contributed by atoms with Crippen molar-refractivity contribution < 1.29 is 27.5 Å². The van der Waals surface area contributed by atoms with E-state index in [1.165, 1.54) is 6.92 Å². The van der Waals surface area contributed by atoms with Crippen LogP contribution >= 0.6 is 11.3 Å². The molecule has 0 saturated carbocycles. The third kappa shape index (κ3) is 5.41. The van der Waals surface area contributed by atoms with Crippen LogP contribution in [0.25, 0.3) is 0 Å². The molecule has 0 atom stereocenters. The summed E-state index contributed by atoms with van der Waals surface area (Å²) in [6.45, 7) is 0.419. The number of amides is 1. The van der Waals surface area contributed by atoms with Crippen LogP contribution in [-0.4, -0.2) is 21.4 Å². The monoisotopic (exact) mass is 375 g/mol. The van der Waals surface area contributed by atoms with Gasteiger partial charge in [-0.25, -0.2) is 4.98 Å². The molecule has 0 radical (unpaired) electrons. The Hall–Kier alpha value is -2.69. The molecule has 1 N–H and O–H groups in total. The number of anilines is 1. The number of alkyl halides is 3. The first-order chi connectivity index (χ1) is 11.6. The van der Waals surface area contributed by atoms with Gasteiger partial charge in [0.25, 0.3) is 5.56 Å². The van der Waals surface area contributed by atoms with E-state index >= 15 is 0 Å². The van der Waals surface area contributed by atoms with E-state index in [-0.39, 0.29) is 12.5 Å². The Kier molecular flexibility index (Phi) is 5.57. The molecule has 0 aliphatic carbocycles. The minimum absolute atomic E-state index is 0.234. The third-order valence-corrected chi connectivity index (χ3v) is 3.63. The predicted molar refractivity (Wildman–Crippen MR) is 81.9 cm³/mol. The summed E-state index contributed by atoms with van der Waals surface area (Å²) >= 11 is 1.13. The zero-order valence-electron chi connectivity index (χ0n) is 12.8. The molecule has 0 aliphatic heterocycles. The maximum atomic E-state index is 12.6. The number of nitrogens with zero attached hydrogens (tertiary/aromatic N) is 2. The van der Waals surface area contributed by atoms with Crippen molar-refractivity contribution >= 4 is 28.3 Å². The second-order valence-electron chi connectivity index (χ2n) is 4.87. The van der Waals surface area contributed by atoms with E-state index in [2.05, 4.69) is 10.3 Å². The number of hydrogen-bond acceptors (Lipinski definition) is 6. The van der Waals surface area contributed by atoms with Crippen LogP contribution in [0.4, 0.5) is 18.3 Å². The van der Waals surface area contributed by atoms with E-state index in [1.807, 2.05) is 0 Å². The third-order valence-electron chi connectivity index (χ3n) is 2.83. The number of esters is 1. The Balaban J connectivity index is 1.97. The highest BCUT2D eigenvalue weighted by Crippen LogP contribution is 2.28. The normalized spacial score (nSPS) is 11.2. The molecule has 25 heavy (non-hydrogen) atoms. The number of carbonyl (C=O) groups excluding carboxylic acids is 2. The van der Waals surface area contributed by atoms with Crippen molar-refractivity contribution in [1.82, 2.24) is 9.55 Å². The van der Waals surface area contributed by atoms with Gasteiger partial charge in [-0.15, -0.1) is 11.3 Å². The lowest BCUT2D eigenvalue weighted by Crippen LogP contribution is -2.26. The van der Waals surface area contributed by atoms with Gasteiger partial charge in [-0.3, -0.25) is 14.4 Å². The van der Waals surface area contributed by atoms with Crippen molar-refractivity contribution in [3.05, 3.63) is 45.3 Å². The van der Waals surface area contributed by atoms with Crippen LogP contribution in [0.3, 0.4) is 0 Å². The molecule has 2 aromatic rings. The zero-order chi connectivity index (χ0) is 18.6. The molecule has 0 aromatic carbocycles. The number of hydrogen-bond donors (Lipinski definition) is 1. The van der Waals surface area contributed by atoms with Crippen molar-refractivity contribution in [2.45, 2.75) is 26.3 Å². The molecular weight excluding hydrogens is 363 g/mol. The lowest BCUT2D eigenvalue weighted by atomic mass is 10.3. The second kappa shape index (κ2) is 7.47. The first-order valence-corrected chi connectivity index (χ1v) is 7.68. The number of nitrogens with one attached hydrogen (secondary N) is 1. The molecule has 0 saturated heterocycles. The van der Waals surface area contributed by atoms with Crippen molar-refractivity contribution in [2.75, 3.05) is 5.32 Å². The Bertz CT molecular complexity index is 844. The van der Waals surface area contributed by atoms with Gasteiger partial charge in [0, 0.05) is 24.6 Å². The van der Waals surface area contributed by atoms with Crippen LogP contribution in [0, 0.1) is 0 Å². The van der Waals surface area contributed by atoms with Gasteiger partial charge in [-0.05, 0) is 6.07 Å². The summed E-state index contributed by atoms with van der Waals surface area (Å²) in [6, 6.07) is 1.37. The molecule has 0 aliphatic rings. The van der Waals surface area contributed by atoms with E-state index in [1.54, 1.807) is 5.38 Å². The molecule has 0 unspecified atom stereocenters. The summed E-state index contributed by atoms with van der Waals surface area (Å²) in [7, 11) is 0. The Morgan fingerprint density at radius 3 is 2.72 bits per heavy atom. The number of ether oxygens (including phenoxy) is 1. The summed E-state index contributed by atoms with van der Waals surface area (Å²) in [5, 5.41) is 4.33. The van der Waals surface area contributed by atoms with Gasteiger partial charge in [-0.1, -0.05) is 0 Å². The molecule has 134 valence electrons. The smallest absolute Gasteiger partial charge is 0.417 e. The SMILES string of the molecule is CC(=O)Nc1nc(COC(=O)Cn2cc(C(F)(F)F)ccc2=O)cs1. The molecule has 2 aromatic heterocycles. The van der Waals surface area contributed by atoms with Gasteiger partial charge in [0.15, 0.2) is 5.13 Å². The minimum Gasteiger partial charge on any atom is -0.458 e. The summed E-state index contributed by atoms with van der Waals surface area (Å²) in [6.07, 6.45) is -4.07. The number of aromatic nitrogens is 2. The van der Waals surface area contributed by atoms with Gasteiger partial charge >= 0.3 is 12.1 Å². The molecule has 0 fully saturated rings. The summed E-state index contributed by atoms with van der Waals surface area (Å²) < 4.78 is 43.4. The highest BCUT2D eigenvalue weighted by molar-refractivity contribution is 7.13. The highest BCUT2D eigenvalue weighted by Gasteiger charge is 2.31. The first-order valence-electron chi connectivity index (χ1n) is 6.80. The van der Waals surface area contributed by atoms with Gasteiger partial charge in [0.2, 0.25) is 5.91 Å². The number of pyridine rings is 1. The summed E-state index contributed by atoms with van der Waals surface area (Å²) in [5.41, 5.74) is -1.44. The summed E-state index contributed by atoms with van der Waals surface area (Å²) in [4.78, 5) is 38.1. The maximum Gasteiger partial charge on any atom is 0.417 e. The molecule has 1 amide bonds. The lowest BCUT2D eigenvalue weighted by Gasteiger charge is -2.10. The molecule has 2 rings (SSSR count). The fraction of sp³-hybridized carbons (Fsp3) is 0.286. The van der Waals surface area contributed by atoms with E-state index in [9.17, 15) is 27.6 Å². The minimum atomic E-state index is -4.62. The zero-order valence-corrected chi connectivity index (χ0v) is 13.6. The van der Waals surface area contributed by atoms with Crippen LogP contribution in [0.5, 0.6) is 0 Å². The fourth-order valence-corrected chi connectivity index (χ4v) is 2.48. The molecule has 0 spiro atoms. The standard InChI is InChI=1S/C14H12F3N3O4S/c1-8(21)18-13-19-10(7-25-13)6-24-12(23)5-20-4-9(14(15,16)17)2-3-11(20)22/h2-4,7H,5-6H2,1H3,(H,18,19,21). The molecule has 11 heteroatoms.